The van der Waals surface area contributed by atoms with Gasteiger partial charge in [-0.15, -0.1) is 0 Å². The Bertz CT molecular complexity index is 850. The molecule has 3 rings (SSSR count). The zero-order valence-corrected chi connectivity index (χ0v) is 14.7. The van der Waals surface area contributed by atoms with Crippen molar-refractivity contribution in [3.05, 3.63) is 60.7 Å². The van der Waals surface area contributed by atoms with Crippen LogP contribution in [0.15, 0.2) is 43.5 Å². The van der Waals surface area contributed by atoms with Gasteiger partial charge in [0.15, 0.2) is 0 Å². The Hall–Kier alpha value is -3.25. The monoisotopic (exact) mass is 396 g/mol. The first-order valence-corrected chi connectivity index (χ1v) is 7.95. The minimum Gasteiger partial charge on any atom is -0.479 e. The summed E-state index contributed by atoms with van der Waals surface area (Å²) in [6.07, 6.45) is 4.17. The highest BCUT2D eigenvalue weighted by molar-refractivity contribution is 5.71. The molecule has 0 fully saturated rings. The molecule has 2 heterocycles. The fourth-order valence-corrected chi connectivity index (χ4v) is 2.25. The van der Waals surface area contributed by atoms with E-state index in [-0.39, 0.29) is 18.7 Å². The van der Waals surface area contributed by atoms with Crippen LogP contribution in [0.5, 0.6) is 0 Å². The van der Waals surface area contributed by atoms with Crippen LogP contribution >= 0.6 is 0 Å². The number of aliphatic hydroxyl groups is 2. The van der Waals surface area contributed by atoms with E-state index in [1.807, 2.05) is 0 Å². The molecule has 0 radical (unpaired) electrons. The number of nitrogens with zero attached hydrogens (tertiary/aromatic N) is 6. The molecule has 0 aliphatic heterocycles. The van der Waals surface area contributed by atoms with Crippen LogP contribution in [-0.2, 0) is 23.5 Å². The summed E-state index contributed by atoms with van der Waals surface area (Å²) in [5.74, 6) is -2.75. The predicted molar refractivity (Wildman–Crippen MR) is 89.6 cm³/mol. The van der Waals surface area contributed by atoms with E-state index in [0.717, 1.165) is 12.1 Å². The largest absolute Gasteiger partial charge is 0.479 e. The first-order valence-electron chi connectivity index (χ1n) is 7.95. The number of hydrogen-bond acceptors (Lipinski definition) is 7. The number of aliphatic hydroxyl groups excluding tert-OH is 1. The maximum atomic E-state index is 14.1. The average Bonchev–Trinajstić information content (AvgIpc) is 3.29. The van der Waals surface area contributed by atoms with Gasteiger partial charge >= 0.3 is 5.97 Å². The molecular formula is C16H18F2N6O4. The lowest BCUT2D eigenvalue weighted by atomic mass is 9.93. The predicted octanol–water partition coefficient (Wildman–Crippen LogP) is 0.188. The van der Waals surface area contributed by atoms with Crippen molar-refractivity contribution in [2.75, 3.05) is 0 Å². The zero-order valence-electron chi connectivity index (χ0n) is 14.7. The maximum Gasteiger partial charge on any atom is 0.332 e. The van der Waals surface area contributed by atoms with Gasteiger partial charge in [-0.3, -0.25) is 0 Å². The van der Waals surface area contributed by atoms with Gasteiger partial charge in [-0.1, -0.05) is 6.07 Å². The standard InChI is InChI=1S/C13H12F2N6O.C3H6O3/c14-10-1-2-11(12(15)3-10)13(22,4-20-8-16-6-18-20)5-21-9-17-7-19-21;1-2(4)3(5)6/h1-3,6-9,22H,4-5H2;2,4H,1H3,(H,5,6). The van der Waals surface area contributed by atoms with E-state index in [0.29, 0.717) is 0 Å². The summed E-state index contributed by atoms with van der Waals surface area (Å²) < 4.78 is 29.9. The van der Waals surface area contributed by atoms with E-state index in [2.05, 4.69) is 20.2 Å². The lowest BCUT2D eigenvalue weighted by Crippen LogP contribution is -2.37. The average molecular weight is 396 g/mol. The third kappa shape index (κ3) is 5.62. The summed E-state index contributed by atoms with van der Waals surface area (Å²) in [6, 6.07) is 3.02. The highest BCUT2D eigenvalue weighted by Crippen LogP contribution is 2.28. The smallest absolute Gasteiger partial charge is 0.332 e. The fraction of sp³-hybridized carbons (Fsp3) is 0.312. The number of carbonyl (C=O) groups is 1. The summed E-state index contributed by atoms with van der Waals surface area (Å²) >= 11 is 0. The van der Waals surface area contributed by atoms with Gasteiger partial charge in [-0.05, 0) is 13.0 Å². The first kappa shape index (κ1) is 21.1. The molecule has 10 nitrogen and oxygen atoms in total. The molecule has 0 saturated carbocycles. The van der Waals surface area contributed by atoms with Crippen molar-refractivity contribution >= 4 is 5.97 Å². The number of aliphatic carboxylic acids is 1. The van der Waals surface area contributed by atoms with E-state index in [1.54, 1.807) is 0 Å². The third-order valence-corrected chi connectivity index (χ3v) is 3.57. The number of carboxylic acid groups (broad SMARTS) is 1. The second-order valence-electron chi connectivity index (χ2n) is 5.86. The van der Waals surface area contributed by atoms with Gasteiger partial charge in [-0.2, -0.15) is 10.2 Å². The molecule has 0 bridgehead atoms. The van der Waals surface area contributed by atoms with Crippen LogP contribution < -0.4 is 0 Å². The van der Waals surface area contributed by atoms with Crippen molar-refractivity contribution in [2.24, 2.45) is 0 Å². The molecule has 28 heavy (non-hydrogen) atoms. The Labute approximate surface area is 157 Å². The lowest BCUT2D eigenvalue weighted by Gasteiger charge is -2.28. The van der Waals surface area contributed by atoms with Crippen molar-refractivity contribution in [1.29, 1.82) is 0 Å². The van der Waals surface area contributed by atoms with E-state index >= 15 is 0 Å². The second kappa shape index (κ2) is 9.10. The summed E-state index contributed by atoms with van der Waals surface area (Å²) in [6.45, 7) is 1.05. The maximum absolute atomic E-state index is 14.1. The van der Waals surface area contributed by atoms with Crippen LogP contribution in [0.2, 0.25) is 0 Å². The highest BCUT2D eigenvalue weighted by Gasteiger charge is 2.34. The first-order chi connectivity index (χ1) is 13.2. The normalized spacial score (nSPS) is 12.2. The van der Waals surface area contributed by atoms with Crippen molar-refractivity contribution in [2.45, 2.75) is 31.7 Å². The molecule has 0 saturated heterocycles. The number of aromatic nitrogens is 6. The minimum absolute atomic E-state index is 0.0556. The Morgan fingerprint density at radius 2 is 1.64 bits per heavy atom. The van der Waals surface area contributed by atoms with E-state index in [1.165, 1.54) is 47.7 Å². The van der Waals surface area contributed by atoms with Gasteiger partial charge in [0.2, 0.25) is 0 Å². The number of rotatable bonds is 6. The van der Waals surface area contributed by atoms with Crippen LogP contribution in [0.4, 0.5) is 8.78 Å². The van der Waals surface area contributed by atoms with Crippen molar-refractivity contribution in [3.8, 4) is 0 Å². The third-order valence-electron chi connectivity index (χ3n) is 3.57. The molecule has 0 aliphatic rings. The van der Waals surface area contributed by atoms with Gasteiger partial charge in [0.05, 0.1) is 13.1 Å². The summed E-state index contributed by atoms with van der Waals surface area (Å²) in [4.78, 5) is 17.0. The number of benzene rings is 1. The Kier molecular flexibility index (Phi) is 6.84. The minimum atomic E-state index is -1.70. The van der Waals surface area contributed by atoms with Crippen molar-refractivity contribution in [1.82, 2.24) is 29.5 Å². The molecule has 3 N–H and O–H groups in total. The molecule has 0 spiro atoms. The Balaban J connectivity index is 0.000000409. The highest BCUT2D eigenvalue weighted by atomic mass is 19.1. The molecule has 1 atom stereocenters. The van der Waals surface area contributed by atoms with Crippen LogP contribution in [0.1, 0.15) is 12.5 Å². The second-order valence-corrected chi connectivity index (χ2v) is 5.86. The lowest BCUT2D eigenvalue weighted by molar-refractivity contribution is -0.145. The molecule has 1 unspecified atom stereocenters. The van der Waals surface area contributed by atoms with Gasteiger partial charge in [0.25, 0.3) is 0 Å². The molecular weight excluding hydrogens is 378 g/mol. The van der Waals surface area contributed by atoms with E-state index < -0.39 is 29.3 Å². The molecule has 12 heteroatoms. The van der Waals surface area contributed by atoms with Gasteiger partial charge < -0.3 is 15.3 Å². The fourth-order valence-electron chi connectivity index (χ4n) is 2.25. The molecule has 0 aliphatic carbocycles. The van der Waals surface area contributed by atoms with Crippen LogP contribution in [-0.4, -0.2) is 56.9 Å². The molecule has 1 aromatic carbocycles. The molecule has 3 aromatic rings. The molecule has 2 aromatic heterocycles. The quantitative estimate of drug-likeness (QED) is 0.537. The van der Waals surface area contributed by atoms with Crippen LogP contribution in [0.25, 0.3) is 0 Å². The molecule has 0 amide bonds. The van der Waals surface area contributed by atoms with Crippen molar-refractivity contribution in [3.63, 3.8) is 0 Å². The zero-order chi connectivity index (χ0) is 20.7. The Morgan fingerprint density at radius 1 is 1.14 bits per heavy atom. The van der Waals surface area contributed by atoms with Crippen LogP contribution in [0.3, 0.4) is 0 Å². The summed E-state index contributed by atoms with van der Waals surface area (Å²) in [7, 11) is 0. The van der Waals surface area contributed by atoms with Crippen LogP contribution in [0, 0.1) is 11.6 Å². The van der Waals surface area contributed by atoms with E-state index in [9.17, 15) is 18.7 Å². The topological polar surface area (TPSA) is 139 Å². The number of halogens is 2. The summed E-state index contributed by atoms with van der Waals surface area (Å²) in [5.41, 5.74) is -1.75. The van der Waals surface area contributed by atoms with Gasteiger partial charge in [0.1, 0.15) is 48.6 Å². The SMILES string of the molecule is CC(O)C(=O)O.OC(Cn1cncn1)(Cn1cncn1)c1ccc(F)cc1F. The van der Waals surface area contributed by atoms with Crippen molar-refractivity contribution < 1.29 is 28.9 Å². The van der Waals surface area contributed by atoms with Gasteiger partial charge in [-0.25, -0.2) is 32.9 Å². The Morgan fingerprint density at radius 3 is 2.00 bits per heavy atom. The number of hydrogen-bond donors (Lipinski definition) is 3. The molecule has 150 valence electrons. The van der Waals surface area contributed by atoms with Gasteiger partial charge in [0, 0.05) is 11.6 Å². The van der Waals surface area contributed by atoms with E-state index in [4.69, 9.17) is 10.2 Å². The number of carboxylic acids is 1. The summed E-state index contributed by atoms with van der Waals surface area (Å²) in [5, 5.41) is 34.5.